The van der Waals surface area contributed by atoms with Crippen molar-refractivity contribution in [3.05, 3.63) is 83.1 Å². The molecule has 36 heavy (non-hydrogen) atoms. The minimum absolute atomic E-state index is 0.242. The van der Waals surface area contributed by atoms with Gasteiger partial charge in [0.1, 0.15) is 12.0 Å². The number of nitrogens with zero attached hydrogens (tertiary/aromatic N) is 3. The van der Waals surface area contributed by atoms with E-state index in [1.54, 1.807) is 7.11 Å². The average Bonchev–Trinajstić information content (AvgIpc) is 3.34. The number of halogens is 3. The van der Waals surface area contributed by atoms with Crippen molar-refractivity contribution in [2.75, 3.05) is 39.8 Å². The van der Waals surface area contributed by atoms with Crippen LogP contribution in [-0.2, 0) is 25.7 Å². The van der Waals surface area contributed by atoms with Crippen LogP contribution in [0, 0.1) is 0 Å². The number of alkyl halides is 3. The van der Waals surface area contributed by atoms with Crippen LogP contribution >= 0.6 is 0 Å². The van der Waals surface area contributed by atoms with E-state index >= 15 is 0 Å². The number of carbonyl (C=O) groups is 1. The number of para-hydroxylation sites is 1. The summed E-state index contributed by atoms with van der Waals surface area (Å²) in [5.41, 5.74) is 1.47. The number of nitrogens with one attached hydrogen (secondary N) is 1. The molecule has 7 nitrogen and oxygen atoms in total. The molecule has 0 radical (unpaired) electrons. The van der Waals surface area contributed by atoms with E-state index in [1.807, 2.05) is 24.3 Å². The second-order valence-electron chi connectivity index (χ2n) is 8.69. The summed E-state index contributed by atoms with van der Waals surface area (Å²) in [7, 11) is 1.62. The van der Waals surface area contributed by atoms with Crippen LogP contribution in [0.25, 0.3) is 0 Å². The quantitative estimate of drug-likeness (QED) is 0.477. The molecule has 1 aromatic heterocycles. The van der Waals surface area contributed by atoms with Gasteiger partial charge in [0.15, 0.2) is 5.69 Å². The Morgan fingerprint density at radius 3 is 2.36 bits per heavy atom. The van der Waals surface area contributed by atoms with E-state index in [-0.39, 0.29) is 11.6 Å². The van der Waals surface area contributed by atoms with Gasteiger partial charge in [-0.3, -0.25) is 14.6 Å². The Kier molecular flexibility index (Phi) is 8.27. The lowest BCUT2D eigenvalue weighted by atomic mass is 10.1. The number of piperazine rings is 1. The maximum Gasteiger partial charge on any atom is 0.416 e. The highest BCUT2D eigenvalue weighted by Gasteiger charge is 2.30. The van der Waals surface area contributed by atoms with E-state index < -0.39 is 11.7 Å². The summed E-state index contributed by atoms with van der Waals surface area (Å²) in [6.07, 6.45) is -2.31. The zero-order valence-electron chi connectivity index (χ0n) is 20.1. The number of aromatic nitrogens is 1. The van der Waals surface area contributed by atoms with Gasteiger partial charge in [0, 0.05) is 39.3 Å². The van der Waals surface area contributed by atoms with Gasteiger partial charge in [0.05, 0.1) is 19.2 Å². The Labute approximate surface area is 207 Å². The highest BCUT2D eigenvalue weighted by atomic mass is 19.4. The van der Waals surface area contributed by atoms with Gasteiger partial charge in [-0.15, -0.1) is 0 Å². The molecule has 4 rings (SSSR count). The maximum atomic E-state index is 12.7. The molecular formula is C26H29F3N4O3. The van der Waals surface area contributed by atoms with Gasteiger partial charge < -0.3 is 14.5 Å². The van der Waals surface area contributed by atoms with E-state index in [0.29, 0.717) is 31.9 Å². The summed E-state index contributed by atoms with van der Waals surface area (Å²) in [5.74, 6) is 0.970. The van der Waals surface area contributed by atoms with Crippen molar-refractivity contribution in [1.29, 1.82) is 0 Å². The average molecular weight is 503 g/mol. The molecule has 0 saturated carbocycles. The molecule has 1 fully saturated rings. The summed E-state index contributed by atoms with van der Waals surface area (Å²) < 4.78 is 49.0. The monoisotopic (exact) mass is 502 g/mol. The Morgan fingerprint density at radius 2 is 1.69 bits per heavy atom. The third kappa shape index (κ3) is 6.86. The third-order valence-electron chi connectivity index (χ3n) is 6.17. The predicted molar refractivity (Wildman–Crippen MR) is 128 cm³/mol. The lowest BCUT2D eigenvalue weighted by Gasteiger charge is -2.34. The third-order valence-corrected chi connectivity index (χ3v) is 6.17. The maximum absolute atomic E-state index is 12.7. The van der Waals surface area contributed by atoms with E-state index in [2.05, 4.69) is 20.1 Å². The summed E-state index contributed by atoms with van der Waals surface area (Å²) in [6.45, 7) is 4.62. The number of methoxy groups -OCH3 is 1. The lowest BCUT2D eigenvalue weighted by Crippen LogP contribution is -2.45. The van der Waals surface area contributed by atoms with Gasteiger partial charge in [-0.05, 0) is 35.7 Å². The van der Waals surface area contributed by atoms with Crippen LogP contribution in [0.5, 0.6) is 5.75 Å². The number of benzene rings is 2. The molecule has 0 aliphatic carbocycles. The molecule has 10 heteroatoms. The van der Waals surface area contributed by atoms with Gasteiger partial charge in [-0.1, -0.05) is 30.3 Å². The van der Waals surface area contributed by atoms with Crippen LogP contribution < -0.4 is 10.1 Å². The first-order chi connectivity index (χ1) is 17.3. The standard InChI is InChI=1S/C26H29F3N4O3/c1-35-23-5-3-2-4-20(23)10-11-30-25(34)22-18-36-24(31-22)17-33-14-12-32(13-15-33)16-19-6-8-21(9-7-19)26(27,28)29/h2-9,18H,10-17H2,1H3,(H,30,34). The van der Waals surface area contributed by atoms with Crippen molar-refractivity contribution < 1.29 is 27.1 Å². The number of amides is 1. The molecule has 1 aliphatic rings. The number of oxazole rings is 1. The van der Waals surface area contributed by atoms with Crippen LogP contribution in [0.1, 0.15) is 33.1 Å². The fraction of sp³-hybridized carbons (Fsp3) is 0.385. The van der Waals surface area contributed by atoms with Crippen molar-refractivity contribution in [2.24, 2.45) is 0 Å². The number of ether oxygens (including phenoxy) is 1. The van der Waals surface area contributed by atoms with Crippen LogP contribution in [0.3, 0.4) is 0 Å². The van der Waals surface area contributed by atoms with Gasteiger partial charge >= 0.3 is 6.18 Å². The molecule has 1 aliphatic heterocycles. The minimum Gasteiger partial charge on any atom is -0.496 e. The largest absolute Gasteiger partial charge is 0.496 e. The first kappa shape index (κ1) is 25.7. The Bertz CT molecular complexity index is 1140. The fourth-order valence-electron chi connectivity index (χ4n) is 4.15. The molecule has 2 aromatic carbocycles. The highest BCUT2D eigenvalue weighted by molar-refractivity contribution is 5.91. The normalized spacial score (nSPS) is 15.1. The molecule has 1 N–H and O–H groups in total. The molecule has 0 bridgehead atoms. The van der Waals surface area contributed by atoms with Crippen molar-refractivity contribution in [3.63, 3.8) is 0 Å². The minimum atomic E-state index is -4.32. The van der Waals surface area contributed by atoms with Gasteiger partial charge in [0.2, 0.25) is 5.89 Å². The van der Waals surface area contributed by atoms with Gasteiger partial charge in [-0.25, -0.2) is 4.98 Å². The SMILES string of the molecule is COc1ccccc1CCNC(=O)c1coc(CN2CCN(Cc3ccc(C(F)(F)F)cc3)CC2)n1. The predicted octanol–water partition coefficient (Wildman–Crippen LogP) is 3.99. The Balaban J connectivity index is 1.20. The van der Waals surface area contributed by atoms with E-state index in [1.165, 1.54) is 18.4 Å². The summed E-state index contributed by atoms with van der Waals surface area (Å²) in [5, 5.41) is 2.86. The van der Waals surface area contributed by atoms with E-state index in [9.17, 15) is 18.0 Å². The van der Waals surface area contributed by atoms with E-state index in [0.717, 1.165) is 55.2 Å². The smallest absolute Gasteiger partial charge is 0.416 e. The van der Waals surface area contributed by atoms with Crippen molar-refractivity contribution in [2.45, 2.75) is 25.7 Å². The zero-order chi connectivity index (χ0) is 25.5. The number of hydrogen-bond donors (Lipinski definition) is 1. The second-order valence-corrected chi connectivity index (χ2v) is 8.69. The first-order valence-electron chi connectivity index (χ1n) is 11.8. The zero-order valence-corrected chi connectivity index (χ0v) is 20.1. The fourth-order valence-corrected chi connectivity index (χ4v) is 4.15. The van der Waals surface area contributed by atoms with E-state index in [4.69, 9.17) is 9.15 Å². The molecule has 0 atom stereocenters. The summed E-state index contributed by atoms with van der Waals surface area (Å²) in [6, 6.07) is 13.0. The van der Waals surface area contributed by atoms with Gasteiger partial charge in [0.25, 0.3) is 5.91 Å². The number of carbonyl (C=O) groups excluding carboxylic acids is 1. The second kappa shape index (κ2) is 11.6. The van der Waals surface area contributed by atoms with Crippen molar-refractivity contribution in [3.8, 4) is 5.75 Å². The molecule has 1 saturated heterocycles. The molecule has 0 unspecified atom stereocenters. The molecule has 192 valence electrons. The molecule has 0 spiro atoms. The Hall–Kier alpha value is -3.37. The number of rotatable bonds is 9. The van der Waals surface area contributed by atoms with Crippen LogP contribution in [0.15, 0.2) is 59.2 Å². The van der Waals surface area contributed by atoms with Crippen molar-refractivity contribution in [1.82, 2.24) is 20.1 Å². The van der Waals surface area contributed by atoms with Crippen LogP contribution in [-0.4, -0.2) is 60.5 Å². The first-order valence-corrected chi connectivity index (χ1v) is 11.8. The topological polar surface area (TPSA) is 70.8 Å². The molecular weight excluding hydrogens is 473 g/mol. The van der Waals surface area contributed by atoms with Gasteiger partial charge in [-0.2, -0.15) is 13.2 Å². The van der Waals surface area contributed by atoms with Crippen LogP contribution in [0.4, 0.5) is 13.2 Å². The molecule has 2 heterocycles. The summed E-state index contributed by atoms with van der Waals surface area (Å²) >= 11 is 0. The molecule has 1 amide bonds. The van der Waals surface area contributed by atoms with Crippen molar-refractivity contribution >= 4 is 5.91 Å². The van der Waals surface area contributed by atoms with Crippen LogP contribution in [0.2, 0.25) is 0 Å². The summed E-state index contributed by atoms with van der Waals surface area (Å²) in [4.78, 5) is 21.2. The Morgan fingerprint density at radius 1 is 1.03 bits per heavy atom. The lowest BCUT2D eigenvalue weighted by molar-refractivity contribution is -0.137. The highest BCUT2D eigenvalue weighted by Crippen LogP contribution is 2.29. The number of hydrogen-bond acceptors (Lipinski definition) is 6. The molecule has 3 aromatic rings.